The van der Waals surface area contributed by atoms with E-state index in [2.05, 4.69) is 56.8 Å². The molecule has 5 heterocycles. The molecule has 0 radical (unpaired) electrons. The predicted molar refractivity (Wildman–Crippen MR) is 179 cm³/mol. The molecule has 242 valence electrons. The number of hydrogen-bond acceptors (Lipinski definition) is 8. The maximum Gasteiger partial charge on any atom is 0.337 e. The highest BCUT2D eigenvalue weighted by Gasteiger charge is 2.36. The van der Waals surface area contributed by atoms with Crippen molar-refractivity contribution in [2.24, 2.45) is 5.41 Å². The van der Waals surface area contributed by atoms with Gasteiger partial charge < -0.3 is 19.6 Å². The molecular formula is C36H45N7O3. The Kier molecular flexibility index (Phi) is 8.35. The van der Waals surface area contributed by atoms with E-state index in [0.29, 0.717) is 11.3 Å². The molecule has 1 atom stereocenters. The number of fused-ring (bicyclic) bond motifs is 1. The second-order valence-corrected chi connectivity index (χ2v) is 14.4. The largest absolute Gasteiger partial charge is 0.479 e. The average Bonchev–Trinajstić information content (AvgIpc) is 3.54. The summed E-state index contributed by atoms with van der Waals surface area (Å²) < 4.78 is 8.14. The van der Waals surface area contributed by atoms with Crippen molar-refractivity contribution in [2.75, 3.05) is 29.4 Å². The number of nitrogens with zero attached hydrogens (tertiary/aromatic N) is 7. The molecule has 2 aliphatic rings. The second kappa shape index (κ2) is 12.1. The zero-order valence-electron chi connectivity index (χ0n) is 28.0. The lowest BCUT2D eigenvalue weighted by molar-refractivity contribution is -0.160. The molecule has 0 spiro atoms. The molecule has 2 aliphatic heterocycles. The molecule has 4 aromatic rings. The van der Waals surface area contributed by atoms with Gasteiger partial charge in [-0.05, 0) is 76.0 Å². The SMILES string of the molecule is Cc1nc(C)c([C@H](OC(C)(C)C)C(=O)O)c(N2CCC(C)(C)CC2)c1-c1ccc2c(c1)CCN(c1cc(-n3ccnc3)ncn1)C2. The van der Waals surface area contributed by atoms with E-state index in [0.717, 1.165) is 79.6 Å². The first-order valence-electron chi connectivity index (χ1n) is 16.1. The summed E-state index contributed by atoms with van der Waals surface area (Å²) in [6.45, 7) is 17.5. The Bertz CT molecular complexity index is 1730. The highest BCUT2D eigenvalue weighted by molar-refractivity contribution is 5.88. The van der Waals surface area contributed by atoms with Crippen LogP contribution in [0.15, 0.2) is 49.3 Å². The molecule has 10 heteroatoms. The molecule has 1 saturated heterocycles. The van der Waals surface area contributed by atoms with Crippen LogP contribution in [0.25, 0.3) is 16.9 Å². The summed E-state index contributed by atoms with van der Waals surface area (Å²) in [6, 6.07) is 8.65. The lowest BCUT2D eigenvalue weighted by Gasteiger charge is -2.41. The van der Waals surface area contributed by atoms with Gasteiger partial charge in [0.25, 0.3) is 0 Å². The molecule has 0 aliphatic carbocycles. The fraction of sp³-hybridized carbons (Fsp3) is 0.472. The average molecular weight is 624 g/mol. The summed E-state index contributed by atoms with van der Waals surface area (Å²) in [5.74, 6) is 0.663. The number of carboxylic acids is 1. The Hall–Kier alpha value is -4.31. The number of pyridine rings is 1. The van der Waals surface area contributed by atoms with Crippen molar-refractivity contribution < 1.29 is 14.6 Å². The lowest BCUT2D eigenvalue weighted by atomic mass is 9.81. The summed E-state index contributed by atoms with van der Waals surface area (Å²) >= 11 is 0. The number of carbonyl (C=O) groups is 1. The van der Waals surface area contributed by atoms with E-state index in [1.165, 1.54) is 11.1 Å². The third-order valence-electron chi connectivity index (χ3n) is 9.21. The minimum Gasteiger partial charge on any atom is -0.479 e. The van der Waals surface area contributed by atoms with E-state index in [4.69, 9.17) is 9.72 Å². The van der Waals surface area contributed by atoms with Gasteiger partial charge in [-0.25, -0.2) is 19.7 Å². The fourth-order valence-corrected chi connectivity index (χ4v) is 6.71. The van der Waals surface area contributed by atoms with Crippen LogP contribution in [0, 0.1) is 19.3 Å². The topological polar surface area (TPSA) is 110 Å². The van der Waals surface area contributed by atoms with Crippen LogP contribution in [0.3, 0.4) is 0 Å². The number of aromatic nitrogens is 5. The van der Waals surface area contributed by atoms with Gasteiger partial charge in [0.2, 0.25) is 0 Å². The smallest absolute Gasteiger partial charge is 0.337 e. The van der Waals surface area contributed by atoms with Gasteiger partial charge in [-0.2, -0.15) is 0 Å². The molecule has 1 fully saturated rings. The summed E-state index contributed by atoms with van der Waals surface area (Å²) in [4.78, 5) is 35.6. The van der Waals surface area contributed by atoms with Crippen molar-refractivity contribution in [1.29, 1.82) is 0 Å². The monoisotopic (exact) mass is 623 g/mol. The van der Waals surface area contributed by atoms with E-state index < -0.39 is 17.7 Å². The number of carboxylic acid groups (broad SMARTS) is 1. The Morgan fingerprint density at radius 3 is 2.39 bits per heavy atom. The van der Waals surface area contributed by atoms with Gasteiger partial charge in [0.1, 0.15) is 24.3 Å². The van der Waals surface area contributed by atoms with Crippen molar-refractivity contribution in [3.8, 4) is 16.9 Å². The molecule has 1 N–H and O–H groups in total. The van der Waals surface area contributed by atoms with E-state index in [9.17, 15) is 9.90 Å². The Balaban J connectivity index is 1.40. The van der Waals surface area contributed by atoms with Gasteiger partial charge in [0, 0.05) is 67.2 Å². The molecule has 0 amide bonds. The summed E-state index contributed by atoms with van der Waals surface area (Å²) in [7, 11) is 0. The quantitative estimate of drug-likeness (QED) is 0.248. The zero-order chi connectivity index (χ0) is 32.8. The van der Waals surface area contributed by atoms with Gasteiger partial charge in [-0.1, -0.05) is 32.0 Å². The molecule has 3 aromatic heterocycles. The number of ether oxygens (including phenoxy) is 1. The zero-order valence-corrected chi connectivity index (χ0v) is 28.0. The lowest BCUT2D eigenvalue weighted by Crippen LogP contribution is -2.39. The van der Waals surface area contributed by atoms with Crippen molar-refractivity contribution >= 4 is 17.5 Å². The second-order valence-electron chi connectivity index (χ2n) is 14.4. The molecule has 6 rings (SSSR count). The van der Waals surface area contributed by atoms with Crippen molar-refractivity contribution in [2.45, 2.75) is 86.0 Å². The van der Waals surface area contributed by atoms with Crippen LogP contribution in [0.2, 0.25) is 0 Å². The Labute approximate surface area is 271 Å². The molecule has 1 aromatic carbocycles. The number of piperidine rings is 1. The predicted octanol–water partition coefficient (Wildman–Crippen LogP) is 6.47. The summed E-state index contributed by atoms with van der Waals surface area (Å²) in [6.07, 6.45) is 8.72. The standard InChI is InChI=1S/C36H45N7O3/c1-23-30(32(41-15-11-36(6,7)12-16-41)31(24(2)40-23)33(34(44)45)46-35(3,4)5)26-8-9-27-20-42(14-10-25(27)18-26)28-19-29(39-21-38-28)43-17-13-37-22-43/h8-9,13,17-19,21-22,33H,10-12,14-16,20H2,1-7H3,(H,44,45)/t33-/m0/s1. The van der Waals surface area contributed by atoms with E-state index in [1.54, 1.807) is 18.9 Å². The number of aliphatic carboxylic acids is 1. The number of benzene rings is 1. The van der Waals surface area contributed by atoms with E-state index in [1.807, 2.05) is 51.4 Å². The van der Waals surface area contributed by atoms with Gasteiger partial charge in [-0.15, -0.1) is 0 Å². The van der Waals surface area contributed by atoms with Gasteiger partial charge in [0.05, 0.1) is 11.3 Å². The Morgan fingerprint density at radius 2 is 1.72 bits per heavy atom. The molecular weight excluding hydrogens is 578 g/mol. The van der Waals surface area contributed by atoms with E-state index >= 15 is 0 Å². The minimum absolute atomic E-state index is 0.239. The number of hydrogen-bond donors (Lipinski definition) is 1. The first kappa shape index (κ1) is 31.7. The first-order valence-corrected chi connectivity index (χ1v) is 16.1. The molecule has 0 saturated carbocycles. The highest BCUT2D eigenvalue weighted by Crippen LogP contribution is 2.45. The van der Waals surface area contributed by atoms with Crippen LogP contribution >= 0.6 is 0 Å². The number of anilines is 2. The summed E-state index contributed by atoms with van der Waals surface area (Å²) in [5.41, 5.74) is 7.37. The van der Waals surface area contributed by atoms with Gasteiger partial charge >= 0.3 is 5.97 Å². The van der Waals surface area contributed by atoms with Crippen LogP contribution in [-0.2, 0) is 22.5 Å². The molecule has 46 heavy (non-hydrogen) atoms. The third kappa shape index (κ3) is 6.49. The maximum atomic E-state index is 12.8. The molecule has 10 nitrogen and oxygen atoms in total. The maximum absolute atomic E-state index is 12.8. The van der Waals surface area contributed by atoms with Crippen LogP contribution < -0.4 is 9.80 Å². The normalized spacial score (nSPS) is 17.1. The van der Waals surface area contributed by atoms with Crippen molar-refractivity contribution in [3.05, 3.63) is 77.4 Å². The number of aryl methyl sites for hydroxylation is 2. The fourth-order valence-electron chi connectivity index (χ4n) is 6.71. The number of imidazole rings is 1. The van der Waals surface area contributed by atoms with Crippen molar-refractivity contribution in [3.63, 3.8) is 0 Å². The minimum atomic E-state index is -1.14. The summed E-state index contributed by atoms with van der Waals surface area (Å²) in [5, 5.41) is 10.5. The first-order chi connectivity index (χ1) is 21.8. The van der Waals surface area contributed by atoms with Crippen LogP contribution in [0.5, 0.6) is 0 Å². The third-order valence-corrected chi connectivity index (χ3v) is 9.21. The molecule has 0 unspecified atom stereocenters. The van der Waals surface area contributed by atoms with E-state index in [-0.39, 0.29) is 5.41 Å². The highest BCUT2D eigenvalue weighted by atomic mass is 16.5. The Morgan fingerprint density at radius 1 is 0.978 bits per heavy atom. The van der Waals surface area contributed by atoms with Crippen LogP contribution in [0.4, 0.5) is 11.5 Å². The number of rotatable bonds is 7. The molecule has 0 bridgehead atoms. The van der Waals surface area contributed by atoms with Crippen LogP contribution in [-0.4, -0.2) is 60.8 Å². The van der Waals surface area contributed by atoms with Gasteiger partial charge in [-0.3, -0.25) is 9.55 Å². The van der Waals surface area contributed by atoms with Crippen LogP contribution in [0.1, 0.15) is 81.6 Å². The van der Waals surface area contributed by atoms with Gasteiger partial charge in [0.15, 0.2) is 6.10 Å². The van der Waals surface area contributed by atoms with Crippen molar-refractivity contribution in [1.82, 2.24) is 24.5 Å².